The number of hydrogen-bond donors (Lipinski definition) is 1. The topological polar surface area (TPSA) is 64.8 Å². The molecule has 0 spiro atoms. The van der Waals surface area contributed by atoms with Crippen LogP contribution in [0.2, 0.25) is 0 Å². The largest absolute Gasteiger partial charge is 0.496 e. The van der Waals surface area contributed by atoms with E-state index in [-0.39, 0.29) is 0 Å². The highest BCUT2D eigenvalue weighted by atomic mass is 16.5. The van der Waals surface area contributed by atoms with Crippen molar-refractivity contribution in [1.29, 1.82) is 0 Å². The van der Waals surface area contributed by atoms with E-state index in [0.717, 1.165) is 46.2 Å². The molecule has 0 saturated carbocycles. The van der Waals surface area contributed by atoms with Crippen molar-refractivity contribution >= 4 is 16.7 Å². The summed E-state index contributed by atoms with van der Waals surface area (Å²) >= 11 is 0. The highest BCUT2D eigenvalue weighted by molar-refractivity contribution is 6.00. The number of carbonyl (C=O) groups excluding carboxylic acids is 1. The maximum absolute atomic E-state index is 11.9. The number of fused-ring (bicyclic) bond motifs is 1. The average Bonchev–Trinajstić information content (AvgIpc) is 2.77. The minimum Gasteiger partial charge on any atom is -0.496 e. The zero-order valence-corrected chi connectivity index (χ0v) is 19.1. The van der Waals surface area contributed by atoms with Gasteiger partial charge in [0.25, 0.3) is 0 Å². The summed E-state index contributed by atoms with van der Waals surface area (Å²) in [6.45, 7) is 3.05. The predicted octanol–water partition coefficient (Wildman–Crippen LogP) is 4.18. The van der Waals surface area contributed by atoms with E-state index < -0.39 is 12.0 Å². The van der Waals surface area contributed by atoms with Crippen LogP contribution in [-0.2, 0) is 28.9 Å². The number of ether oxygens (including phenoxy) is 2. The van der Waals surface area contributed by atoms with E-state index in [2.05, 4.69) is 62.3 Å². The van der Waals surface area contributed by atoms with Gasteiger partial charge in [0, 0.05) is 12.1 Å². The summed E-state index contributed by atoms with van der Waals surface area (Å²) in [5.74, 6) is 0.461. The van der Waals surface area contributed by atoms with E-state index >= 15 is 0 Å². The maximum Gasteiger partial charge on any atom is 0.322 e. The first-order valence-corrected chi connectivity index (χ1v) is 10.6. The smallest absolute Gasteiger partial charge is 0.322 e. The number of methoxy groups -OCH3 is 2. The molecule has 1 atom stereocenters. The number of esters is 1. The molecule has 0 amide bonds. The van der Waals surface area contributed by atoms with Crippen LogP contribution in [-0.4, -0.2) is 45.2 Å². The van der Waals surface area contributed by atoms with Crippen LogP contribution in [0, 0.1) is 0 Å². The summed E-state index contributed by atoms with van der Waals surface area (Å²) in [6, 6.07) is 16.0. The zero-order valence-electron chi connectivity index (χ0n) is 19.1. The molecule has 3 aromatic carbocycles. The van der Waals surface area contributed by atoms with Crippen molar-refractivity contribution in [2.45, 2.75) is 32.4 Å². The predicted molar refractivity (Wildman–Crippen MR) is 126 cm³/mol. The van der Waals surface area contributed by atoms with Gasteiger partial charge in [0.15, 0.2) is 0 Å². The molecule has 0 bridgehead atoms. The monoisotopic (exact) mass is 420 g/mol. The van der Waals surface area contributed by atoms with E-state index in [1.807, 2.05) is 12.1 Å². The summed E-state index contributed by atoms with van der Waals surface area (Å²) in [4.78, 5) is 14.0. The molecule has 0 aliphatic heterocycles. The summed E-state index contributed by atoms with van der Waals surface area (Å²) in [6.07, 6.45) is 1.32. The second kappa shape index (κ2) is 9.94. The molecule has 164 valence electrons. The average molecular weight is 421 g/mol. The number of nitrogens with two attached hydrogens (primary N) is 1. The molecule has 0 aliphatic rings. The van der Waals surface area contributed by atoms with E-state index in [1.54, 1.807) is 7.11 Å². The Balaban J connectivity index is 2.22. The van der Waals surface area contributed by atoms with Crippen molar-refractivity contribution in [3.63, 3.8) is 0 Å². The molecule has 3 rings (SSSR count). The van der Waals surface area contributed by atoms with Crippen molar-refractivity contribution in [2.24, 2.45) is 5.73 Å². The molecule has 0 heterocycles. The molecule has 31 heavy (non-hydrogen) atoms. The van der Waals surface area contributed by atoms with Gasteiger partial charge >= 0.3 is 5.97 Å². The summed E-state index contributed by atoms with van der Waals surface area (Å²) in [5.41, 5.74) is 11.9. The van der Waals surface area contributed by atoms with E-state index in [4.69, 9.17) is 15.2 Å². The van der Waals surface area contributed by atoms with Crippen LogP contribution >= 0.6 is 0 Å². The van der Waals surface area contributed by atoms with Crippen molar-refractivity contribution in [3.8, 4) is 16.9 Å². The second-order valence-corrected chi connectivity index (χ2v) is 8.02. The van der Waals surface area contributed by atoms with Gasteiger partial charge < -0.3 is 20.1 Å². The lowest BCUT2D eigenvalue weighted by molar-refractivity contribution is -0.142. The first-order chi connectivity index (χ1) is 14.9. The Morgan fingerprint density at radius 2 is 1.71 bits per heavy atom. The molecule has 5 heteroatoms. The molecule has 0 unspecified atom stereocenters. The lowest BCUT2D eigenvalue weighted by Crippen LogP contribution is -2.33. The fourth-order valence-corrected chi connectivity index (χ4v) is 4.27. The SMILES string of the molecule is CCc1c(CN(C)C)ccc(OC)c1-c1cccc2c(C[C@H](N)C(=O)OC)cccc12. The van der Waals surface area contributed by atoms with Gasteiger partial charge in [0.05, 0.1) is 14.2 Å². The van der Waals surface area contributed by atoms with Gasteiger partial charge in [-0.3, -0.25) is 4.79 Å². The standard InChI is InChI=1S/C26H32N2O3/c1-6-19-18(16-28(2)3)13-14-24(30-4)25(19)22-12-8-10-20-17(9-7-11-21(20)22)15-23(27)26(29)31-5/h7-14,23H,6,15-16,27H2,1-5H3/t23-/m0/s1. The Labute approximate surface area is 184 Å². The molecular weight excluding hydrogens is 388 g/mol. The van der Waals surface area contributed by atoms with Crippen LogP contribution in [0.3, 0.4) is 0 Å². The van der Waals surface area contributed by atoms with Gasteiger partial charge in [-0.15, -0.1) is 0 Å². The van der Waals surface area contributed by atoms with Gasteiger partial charge in [0.2, 0.25) is 0 Å². The number of nitrogens with zero attached hydrogens (tertiary/aromatic N) is 1. The van der Waals surface area contributed by atoms with Crippen LogP contribution < -0.4 is 10.5 Å². The Kier molecular flexibility index (Phi) is 7.31. The number of benzene rings is 3. The molecule has 5 nitrogen and oxygen atoms in total. The Bertz CT molecular complexity index is 1080. The molecule has 0 aliphatic carbocycles. The van der Waals surface area contributed by atoms with Crippen LogP contribution in [0.1, 0.15) is 23.6 Å². The molecule has 0 fully saturated rings. The van der Waals surface area contributed by atoms with Crippen LogP contribution in [0.25, 0.3) is 21.9 Å². The zero-order chi connectivity index (χ0) is 22.5. The van der Waals surface area contributed by atoms with Gasteiger partial charge in [-0.2, -0.15) is 0 Å². The maximum atomic E-state index is 11.9. The van der Waals surface area contributed by atoms with Crippen LogP contribution in [0.15, 0.2) is 48.5 Å². The lowest BCUT2D eigenvalue weighted by Gasteiger charge is -2.21. The third-order valence-electron chi connectivity index (χ3n) is 5.66. The quantitative estimate of drug-likeness (QED) is 0.554. The Morgan fingerprint density at radius 1 is 1.00 bits per heavy atom. The Morgan fingerprint density at radius 3 is 2.35 bits per heavy atom. The normalized spacial score (nSPS) is 12.2. The first kappa shape index (κ1) is 22.8. The molecule has 0 saturated heterocycles. The fraction of sp³-hybridized carbons (Fsp3) is 0.346. The van der Waals surface area contributed by atoms with E-state index in [0.29, 0.717) is 6.42 Å². The molecule has 0 aromatic heterocycles. The number of hydrogen-bond acceptors (Lipinski definition) is 5. The summed E-state index contributed by atoms with van der Waals surface area (Å²) in [7, 11) is 7.24. The van der Waals surface area contributed by atoms with Crippen molar-refractivity contribution in [3.05, 3.63) is 65.2 Å². The lowest BCUT2D eigenvalue weighted by atomic mass is 9.88. The molecule has 0 radical (unpaired) electrons. The first-order valence-electron chi connectivity index (χ1n) is 10.6. The number of carbonyl (C=O) groups is 1. The van der Waals surface area contributed by atoms with Crippen molar-refractivity contribution in [1.82, 2.24) is 4.90 Å². The number of rotatable bonds is 8. The van der Waals surface area contributed by atoms with Gasteiger partial charge in [-0.05, 0) is 66.0 Å². The summed E-state index contributed by atoms with van der Waals surface area (Å²) < 4.78 is 10.6. The molecule has 3 aromatic rings. The highest BCUT2D eigenvalue weighted by Gasteiger charge is 2.19. The van der Waals surface area contributed by atoms with Crippen molar-refractivity contribution < 1.29 is 14.3 Å². The second-order valence-electron chi connectivity index (χ2n) is 8.02. The Hall–Kier alpha value is -2.89. The van der Waals surface area contributed by atoms with E-state index in [1.165, 1.54) is 18.2 Å². The van der Waals surface area contributed by atoms with Gasteiger partial charge in [0.1, 0.15) is 11.8 Å². The van der Waals surface area contributed by atoms with Crippen LogP contribution in [0.4, 0.5) is 0 Å². The molecule has 2 N–H and O–H groups in total. The highest BCUT2D eigenvalue weighted by Crippen LogP contribution is 2.40. The van der Waals surface area contributed by atoms with Crippen LogP contribution in [0.5, 0.6) is 5.75 Å². The minimum atomic E-state index is -0.691. The van der Waals surface area contributed by atoms with Crippen molar-refractivity contribution in [2.75, 3.05) is 28.3 Å². The van der Waals surface area contributed by atoms with Gasteiger partial charge in [-0.25, -0.2) is 0 Å². The van der Waals surface area contributed by atoms with E-state index in [9.17, 15) is 4.79 Å². The fourth-order valence-electron chi connectivity index (χ4n) is 4.27. The van der Waals surface area contributed by atoms with Gasteiger partial charge in [-0.1, -0.05) is 49.4 Å². The molecular formula is C26H32N2O3. The third kappa shape index (κ3) is 4.73. The summed E-state index contributed by atoms with van der Waals surface area (Å²) in [5, 5.41) is 2.20. The minimum absolute atomic E-state index is 0.403. The third-order valence-corrected chi connectivity index (χ3v) is 5.66.